The first-order chi connectivity index (χ1) is 15.6. The summed E-state index contributed by atoms with van der Waals surface area (Å²) < 4.78 is 0. The number of anilines is 1. The van der Waals surface area contributed by atoms with Gasteiger partial charge in [0.1, 0.15) is 0 Å². The van der Waals surface area contributed by atoms with Crippen LogP contribution in [0.1, 0.15) is 59.7 Å². The molecule has 1 aromatic carbocycles. The highest BCUT2D eigenvalue weighted by Gasteiger charge is 2.26. The molecule has 1 amide bonds. The molecule has 3 aliphatic rings. The fourth-order valence-electron chi connectivity index (χ4n) is 5.29. The highest BCUT2D eigenvalue weighted by molar-refractivity contribution is 5.93. The van der Waals surface area contributed by atoms with E-state index in [0.29, 0.717) is 18.0 Å². The van der Waals surface area contributed by atoms with Crippen LogP contribution in [0.15, 0.2) is 30.6 Å². The monoisotopic (exact) mass is 433 g/mol. The maximum atomic E-state index is 13.0. The van der Waals surface area contributed by atoms with E-state index in [1.54, 1.807) is 17.3 Å². The Kier molecular flexibility index (Phi) is 6.13. The van der Waals surface area contributed by atoms with Crippen LogP contribution in [-0.4, -0.2) is 64.9 Å². The SMILES string of the molecule is C[C@@H]1CCN(c2ncc(C(=O)N(C)Cc3ccc4c(c3)CCN(C3CCC3)CC4)cn2)C1. The summed E-state index contributed by atoms with van der Waals surface area (Å²) in [6.45, 7) is 7.18. The van der Waals surface area contributed by atoms with Gasteiger partial charge in [-0.15, -0.1) is 0 Å². The van der Waals surface area contributed by atoms with Gasteiger partial charge in [-0.3, -0.25) is 9.69 Å². The van der Waals surface area contributed by atoms with Crippen molar-refractivity contribution < 1.29 is 4.79 Å². The first-order valence-electron chi connectivity index (χ1n) is 12.2. The molecule has 32 heavy (non-hydrogen) atoms. The summed E-state index contributed by atoms with van der Waals surface area (Å²) in [4.78, 5) is 28.6. The average Bonchev–Trinajstić information content (AvgIpc) is 3.10. The summed E-state index contributed by atoms with van der Waals surface area (Å²) in [5, 5.41) is 0. The van der Waals surface area contributed by atoms with E-state index in [2.05, 4.69) is 44.9 Å². The predicted molar refractivity (Wildman–Crippen MR) is 127 cm³/mol. The van der Waals surface area contributed by atoms with E-state index in [9.17, 15) is 4.79 Å². The van der Waals surface area contributed by atoms with Crippen molar-refractivity contribution in [1.82, 2.24) is 19.8 Å². The molecule has 0 N–H and O–H groups in total. The van der Waals surface area contributed by atoms with Gasteiger partial charge >= 0.3 is 0 Å². The Morgan fingerprint density at radius 2 is 1.81 bits per heavy atom. The van der Waals surface area contributed by atoms with Gasteiger partial charge in [0.2, 0.25) is 5.95 Å². The van der Waals surface area contributed by atoms with Gasteiger partial charge in [0, 0.05) is 58.2 Å². The number of hydrogen-bond acceptors (Lipinski definition) is 5. The van der Waals surface area contributed by atoms with Gasteiger partial charge in [0.25, 0.3) is 5.91 Å². The van der Waals surface area contributed by atoms with E-state index in [4.69, 9.17) is 0 Å². The Morgan fingerprint density at radius 1 is 1.06 bits per heavy atom. The molecule has 6 nitrogen and oxygen atoms in total. The zero-order valence-corrected chi connectivity index (χ0v) is 19.5. The number of hydrogen-bond donors (Lipinski definition) is 0. The summed E-state index contributed by atoms with van der Waals surface area (Å²) in [5.74, 6) is 1.38. The molecular formula is C26H35N5O. The van der Waals surface area contributed by atoms with E-state index in [-0.39, 0.29) is 5.91 Å². The zero-order chi connectivity index (χ0) is 22.1. The molecule has 2 aromatic rings. The van der Waals surface area contributed by atoms with Crippen molar-refractivity contribution in [2.24, 2.45) is 5.92 Å². The molecule has 2 fully saturated rings. The Labute approximate surface area is 191 Å². The third-order valence-electron chi connectivity index (χ3n) is 7.56. The van der Waals surface area contributed by atoms with E-state index < -0.39 is 0 Å². The van der Waals surface area contributed by atoms with Crippen LogP contribution >= 0.6 is 0 Å². The first kappa shape index (κ1) is 21.4. The second-order valence-electron chi connectivity index (χ2n) is 10.00. The number of nitrogens with zero attached hydrogens (tertiary/aromatic N) is 5. The van der Waals surface area contributed by atoms with Crippen molar-refractivity contribution in [3.8, 4) is 0 Å². The lowest BCUT2D eigenvalue weighted by molar-refractivity contribution is 0.0784. The Hall–Kier alpha value is -2.47. The maximum absolute atomic E-state index is 13.0. The lowest BCUT2D eigenvalue weighted by Crippen LogP contribution is -2.41. The Bertz CT molecular complexity index is 955. The number of aromatic nitrogens is 2. The topological polar surface area (TPSA) is 52.6 Å². The molecule has 5 rings (SSSR count). The van der Waals surface area contributed by atoms with Crippen LogP contribution < -0.4 is 4.90 Å². The minimum Gasteiger partial charge on any atom is -0.341 e. The van der Waals surface area contributed by atoms with E-state index >= 15 is 0 Å². The van der Waals surface area contributed by atoms with Crippen LogP contribution in [0.2, 0.25) is 0 Å². The molecular weight excluding hydrogens is 398 g/mol. The normalized spacial score (nSPS) is 21.7. The van der Waals surface area contributed by atoms with Crippen molar-refractivity contribution in [2.75, 3.05) is 38.1 Å². The van der Waals surface area contributed by atoms with Crippen LogP contribution in [0, 0.1) is 5.92 Å². The molecule has 1 saturated carbocycles. The standard InChI is InChI=1S/C26H35N5O/c1-19-8-11-31(17-19)26-27-15-23(16-28-26)25(32)29(2)18-20-6-7-21-9-12-30(24-4-3-5-24)13-10-22(21)14-20/h6-7,14-16,19,24H,3-5,8-13,17-18H2,1-2H3/t19-/m1/s1. The molecule has 3 heterocycles. The van der Waals surface area contributed by atoms with E-state index in [0.717, 1.165) is 44.5 Å². The molecule has 0 radical (unpaired) electrons. The Balaban J connectivity index is 1.21. The van der Waals surface area contributed by atoms with Gasteiger partial charge in [0.05, 0.1) is 5.56 Å². The molecule has 2 aliphatic heterocycles. The number of rotatable bonds is 5. The molecule has 1 atom stereocenters. The number of carbonyl (C=O) groups excluding carboxylic acids is 1. The van der Waals surface area contributed by atoms with Crippen molar-refractivity contribution >= 4 is 11.9 Å². The van der Waals surface area contributed by atoms with Gasteiger partial charge in [-0.2, -0.15) is 0 Å². The number of amides is 1. The highest BCUT2D eigenvalue weighted by atomic mass is 16.2. The van der Waals surface area contributed by atoms with Gasteiger partial charge in [0.15, 0.2) is 0 Å². The molecule has 0 bridgehead atoms. The van der Waals surface area contributed by atoms with Gasteiger partial charge < -0.3 is 9.80 Å². The van der Waals surface area contributed by atoms with Gasteiger partial charge in [-0.25, -0.2) is 9.97 Å². The second-order valence-corrected chi connectivity index (χ2v) is 10.00. The molecule has 1 aromatic heterocycles. The van der Waals surface area contributed by atoms with Crippen molar-refractivity contribution in [2.45, 2.75) is 58.0 Å². The minimum atomic E-state index is -0.0301. The Morgan fingerprint density at radius 3 is 2.47 bits per heavy atom. The minimum absolute atomic E-state index is 0.0301. The summed E-state index contributed by atoms with van der Waals surface area (Å²) in [5.41, 5.74) is 4.68. The number of fused-ring (bicyclic) bond motifs is 1. The average molecular weight is 434 g/mol. The molecule has 1 saturated heterocycles. The largest absolute Gasteiger partial charge is 0.341 e. The van der Waals surface area contributed by atoms with Crippen LogP contribution in [0.3, 0.4) is 0 Å². The number of benzene rings is 1. The molecule has 0 unspecified atom stereocenters. The summed E-state index contributed by atoms with van der Waals surface area (Å²) in [6.07, 6.45) is 10.9. The van der Waals surface area contributed by atoms with Crippen LogP contribution in [0.5, 0.6) is 0 Å². The highest BCUT2D eigenvalue weighted by Crippen LogP contribution is 2.28. The maximum Gasteiger partial charge on any atom is 0.257 e. The smallest absolute Gasteiger partial charge is 0.257 e. The van der Waals surface area contributed by atoms with Crippen LogP contribution in [-0.2, 0) is 19.4 Å². The van der Waals surface area contributed by atoms with Crippen molar-refractivity contribution in [3.05, 3.63) is 52.8 Å². The van der Waals surface area contributed by atoms with E-state index in [1.165, 1.54) is 48.9 Å². The van der Waals surface area contributed by atoms with Gasteiger partial charge in [-0.05, 0) is 54.7 Å². The number of carbonyl (C=O) groups is 1. The van der Waals surface area contributed by atoms with Crippen LogP contribution in [0.25, 0.3) is 0 Å². The quantitative estimate of drug-likeness (QED) is 0.722. The summed E-state index contributed by atoms with van der Waals surface area (Å²) in [7, 11) is 1.86. The lowest BCUT2D eigenvalue weighted by Gasteiger charge is -2.36. The fraction of sp³-hybridized carbons (Fsp3) is 0.577. The molecule has 170 valence electrons. The zero-order valence-electron chi connectivity index (χ0n) is 19.5. The predicted octanol–water partition coefficient (Wildman–Crippen LogP) is 3.55. The molecule has 1 aliphatic carbocycles. The first-order valence-corrected chi connectivity index (χ1v) is 12.2. The summed E-state index contributed by atoms with van der Waals surface area (Å²) >= 11 is 0. The third-order valence-corrected chi connectivity index (χ3v) is 7.56. The third kappa shape index (κ3) is 4.51. The molecule has 6 heteroatoms. The van der Waals surface area contributed by atoms with Crippen molar-refractivity contribution in [1.29, 1.82) is 0 Å². The molecule has 0 spiro atoms. The van der Waals surface area contributed by atoms with Gasteiger partial charge in [-0.1, -0.05) is 31.5 Å². The van der Waals surface area contributed by atoms with Crippen LogP contribution in [0.4, 0.5) is 5.95 Å². The fourth-order valence-corrected chi connectivity index (χ4v) is 5.29. The lowest BCUT2D eigenvalue weighted by atomic mass is 9.91. The second kappa shape index (κ2) is 9.18. The van der Waals surface area contributed by atoms with Crippen molar-refractivity contribution in [3.63, 3.8) is 0 Å². The summed E-state index contributed by atoms with van der Waals surface area (Å²) in [6, 6.07) is 7.60. The van der Waals surface area contributed by atoms with E-state index in [1.807, 2.05) is 7.05 Å².